The number of hydrogen-bond acceptors (Lipinski definition) is 3. The molecule has 4 N–H and O–H groups in total. The van der Waals surface area contributed by atoms with Crippen molar-refractivity contribution in [3.63, 3.8) is 0 Å². The van der Waals surface area contributed by atoms with Crippen LogP contribution in [0.1, 0.15) is 15.9 Å². The van der Waals surface area contributed by atoms with E-state index < -0.39 is 11.9 Å². The summed E-state index contributed by atoms with van der Waals surface area (Å²) in [6.45, 7) is 0. The number of carboxylic acids is 1. The van der Waals surface area contributed by atoms with Gasteiger partial charge in [0.2, 0.25) is 5.91 Å². The molecule has 0 heterocycles. The Morgan fingerprint density at radius 3 is 2.47 bits per heavy atom. The maximum absolute atomic E-state index is 10.5. The smallest absolute Gasteiger partial charge is 0.335 e. The number of carbonyl (C=O) groups is 2. The lowest BCUT2D eigenvalue weighted by Crippen LogP contribution is -2.05. The number of rotatable bonds is 3. The molecule has 0 fully saturated rings. The summed E-state index contributed by atoms with van der Waals surface area (Å²) in [5, 5.41) is 18.0. The Morgan fingerprint density at radius 2 is 2.00 bits per heavy atom. The Kier molecular flexibility index (Phi) is 3.07. The van der Waals surface area contributed by atoms with E-state index in [9.17, 15) is 14.7 Å². The Labute approximate surface area is 85.5 Å². The largest absolute Gasteiger partial charge is 0.507 e. The first-order valence-corrected chi connectivity index (χ1v) is 4.04. The number of phenolic OH excluding ortho intramolecular Hbond substituents is 1. The lowest BCUT2D eigenvalue weighted by atomic mass is 10.1. The number of aromatic carboxylic acids is 1. The van der Waals surface area contributed by atoms with Crippen LogP contribution in [0.25, 0.3) is 6.08 Å². The van der Waals surface area contributed by atoms with Crippen LogP contribution in [-0.4, -0.2) is 22.1 Å². The van der Waals surface area contributed by atoms with E-state index >= 15 is 0 Å². The number of amides is 1. The fraction of sp³-hybridized carbons (Fsp3) is 0. The Hall–Kier alpha value is -2.30. The number of primary amides is 1. The van der Waals surface area contributed by atoms with E-state index in [4.69, 9.17) is 10.8 Å². The molecule has 15 heavy (non-hydrogen) atoms. The van der Waals surface area contributed by atoms with Crippen LogP contribution < -0.4 is 5.73 Å². The van der Waals surface area contributed by atoms with Gasteiger partial charge in [0.15, 0.2) is 0 Å². The molecular weight excluding hydrogens is 198 g/mol. The third-order valence-electron chi connectivity index (χ3n) is 1.70. The number of benzene rings is 1. The van der Waals surface area contributed by atoms with Crippen molar-refractivity contribution in [1.29, 1.82) is 0 Å². The van der Waals surface area contributed by atoms with Crippen LogP contribution in [0.5, 0.6) is 5.75 Å². The van der Waals surface area contributed by atoms with Gasteiger partial charge in [-0.05, 0) is 18.2 Å². The highest BCUT2D eigenvalue weighted by Gasteiger charge is 2.05. The molecular formula is C10H9NO4. The van der Waals surface area contributed by atoms with E-state index in [2.05, 4.69) is 0 Å². The minimum absolute atomic E-state index is 0.0243. The summed E-state index contributed by atoms with van der Waals surface area (Å²) >= 11 is 0. The van der Waals surface area contributed by atoms with Crippen LogP contribution in [0.4, 0.5) is 0 Å². The molecule has 78 valence electrons. The summed E-state index contributed by atoms with van der Waals surface area (Å²) in [6.07, 6.45) is 2.39. The normalized spacial score (nSPS) is 10.4. The molecule has 0 atom stereocenters. The van der Waals surface area contributed by atoms with Crippen molar-refractivity contribution in [2.45, 2.75) is 0 Å². The number of carboxylic acid groups (broad SMARTS) is 1. The summed E-state index contributed by atoms with van der Waals surface area (Å²) in [4.78, 5) is 20.9. The van der Waals surface area contributed by atoms with Crippen molar-refractivity contribution in [3.05, 3.63) is 35.4 Å². The minimum Gasteiger partial charge on any atom is -0.507 e. The number of nitrogens with two attached hydrogens (primary N) is 1. The van der Waals surface area contributed by atoms with Crippen molar-refractivity contribution >= 4 is 18.0 Å². The molecule has 0 bridgehead atoms. The summed E-state index contributed by atoms with van der Waals surface area (Å²) < 4.78 is 0. The summed E-state index contributed by atoms with van der Waals surface area (Å²) in [7, 11) is 0. The van der Waals surface area contributed by atoms with Crippen LogP contribution in [0.15, 0.2) is 24.3 Å². The zero-order valence-corrected chi connectivity index (χ0v) is 7.68. The summed E-state index contributed by atoms with van der Waals surface area (Å²) in [5.74, 6) is -1.99. The van der Waals surface area contributed by atoms with Crippen molar-refractivity contribution in [2.75, 3.05) is 0 Å². The second kappa shape index (κ2) is 4.28. The predicted molar refractivity (Wildman–Crippen MR) is 53.3 cm³/mol. The van der Waals surface area contributed by atoms with Crippen LogP contribution in [0.3, 0.4) is 0 Å². The number of carbonyl (C=O) groups excluding carboxylic acids is 1. The molecule has 0 saturated heterocycles. The van der Waals surface area contributed by atoms with Gasteiger partial charge in [0, 0.05) is 11.6 Å². The lowest BCUT2D eigenvalue weighted by Gasteiger charge is -2.00. The molecule has 0 aliphatic rings. The highest BCUT2D eigenvalue weighted by Crippen LogP contribution is 2.20. The zero-order valence-electron chi connectivity index (χ0n) is 7.68. The van der Waals surface area contributed by atoms with Crippen LogP contribution in [0.2, 0.25) is 0 Å². The van der Waals surface area contributed by atoms with Gasteiger partial charge in [-0.1, -0.05) is 6.07 Å². The number of phenols is 1. The van der Waals surface area contributed by atoms with E-state index in [-0.39, 0.29) is 11.3 Å². The topological polar surface area (TPSA) is 101 Å². The molecule has 1 aromatic rings. The van der Waals surface area contributed by atoms with Gasteiger partial charge in [0.25, 0.3) is 0 Å². The summed E-state index contributed by atoms with van der Waals surface area (Å²) in [5.41, 5.74) is 5.17. The third-order valence-corrected chi connectivity index (χ3v) is 1.70. The average Bonchev–Trinajstić information content (AvgIpc) is 2.15. The molecule has 0 spiro atoms. The Morgan fingerprint density at radius 1 is 1.33 bits per heavy atom. The molecule has 0 radical (unpaired) electrons. The lowest BCUT2D eigenvalue weighted by molar-refractivity contribution is -0.113. The van der Waals surface area contributed by atoms with E-state index in [0.29, 0.717) is 5.56 Å². The van der Waals surface area contributed by atoms with Gasteiger partial charge in [-0.15, -0.1) is 0 Å². The predicted octanol–water partition coefficient (Wildman–Crippen LogP) is 0.589. The van der Waals surface area contributed by atoms with Gasteiger partial charge in [0.1, 0.15) is 5.75 Å². The van der Waals surface area contributed by atoms with E-state index in [0.717, 1.165) is 12.1 Å². The molecule has 0 unspecified atom stereocenters. The fourth-order valence-electron chi connectivity index (χ4n) is 0.990. The van der Waals surface area contributed by atoms with Crippen molar-refractivity contribution in [3.8, 4) is 5.75 Å². The Balaban J connectivity index is 3.03. The number of hydrogen-bond donors (Lipinski definition) is 3. The van der Waals surface area contributed by atoms with Crippen LogP contribution in [-0.2, 0) is 4.79 Å². The second-order valence-corrected chi connectivity index (χ2v) is 2.81. The molecule has 0 aliphatic carbocycles. The van der Waals surface area contributed by atoms with E-state index in [1.807, 2.05) is 0 Å². The first-order chi connectivity index (χ1) is 7.00. The van der Waals surface area contributed by atoms with Gasteiger partial charge in [-0.2, -0.15) is 0 Å². The molecule has 0 aromatic heterocycles. The molecule has 0 saturated carbocycles. The van der Waals surface area contributed by atoms with Gasteiger partial charge in [0.05, 0.1) is 5.56 Å². The molecule has 1 aromatic carbocycles. The highest BCUT2D eigenvalue weighted by atomic mass is 16.4. The maximum atomic E-state index is 10.5. The van der Waals surface area contributed by atoms with Crippen molar-refractivity contribution in [1.82, 2.24) is 0 Å². The Bertz CT molecular complexity index is 437. The molecule has 5 nitrogen and oxygen atoms in total. The zero-order chi connectivity index (χ0) is 11.4. The van der Waals surface area contributed by atoms with Crippen LogP contribution in [0, 0.1) is 0 Å². The standard InChI is InChI=1S/C10H9NO4/c11-9(13)4-3-6-1-2-7(10(14)15)5-8(6)12/h1-5,12H,(H2,11,13)(H,14,15)/b4-3+. The van der Waals surface area contributed by atoms with Crippen molar-refractivity contribution < 1.29 is 19.8 Å². The monoisotopic (exact) mass is 207 g/mol. The third kappa shape index (κ3) is 2.84. The molecule has 0 aliphatic heterocycles. The van der Waals surface area contributed by atoms with Gasteiger partial charge in [-0.25, -0.2) is 4.79 Å². The minimum atomic E-state index is -1.13. The van der Waals surface area contributed by atoms with Crippen molar-refractivity contribution in [2.24, 2.45) is 5.73 Å². The quantitative estimate of drug-likeness (QED) is 0.631. The van der Waals surface area contributed by atoms with Crippen LogP contribution >= 0.6 is 0 Å². The fourth-order valence-corrected chi connectivity index (χ4v) is 0.990. The SMILES string of the molecule is NC(=O)/C=C/c1ccc(C(=O)O)cc1O. The van der Waals surface area contributed by atoms with E-state index in [1.165, 1.54) is 18.2 Å². The molecule has 1 rings (SSSR count). The summed E-state index contributed by atoms with van der Waals surface area (Å²) in [6, 6.07) is 3.81. The molecule has 1 amide bonds. The first-order valence-electron chi connectivity index (χ1n) is 4.04. The second-order valence-electron chi connectivity index (χ2n) is 2.81. The van der Waals surface area contributed by atoms with Gasteiger partial charge in [-0.3, -0.25) is 4.79 Å². The maximum Gasteiger partial charge on any atom is 0.335 e. The first kappa shape index (κ1) is 10.8. The van der Waals surface area contributed by atoms with Gasteiger partial charge >= 0.3 is 5.97 Å². The average molecular weight is 207 g/mol. The highest BCUT2D eigenvalue weighted by molar-refractivity contribution is 5.92. The van der Waals surface area contributed by atoms with E-state index in [1.54, 1.807) is 0 Å². The number of aromatic hydroxyl groups is 1. The van der Waals surface area contributed by atoms with Gasteiger partial charge < -0.3 is 15.9 Å². The molecule has 5 heteroatoms.